The number of fused-ring (bicyclic) bond motifs is 2. The quantitative estimate of drug-likeness (QED) is 0.0659. The van der Waals surface area contributed by atoms with E-state index in [2.05, 4.69) is 71.7 Å². The van der Waals surface area contributed by atoms with Crippen molar-refractivity contribution in [1.29, 1.82) is 0 Å². The molecule has 19 nitrogen and oxygen atoms in total. The molecule has 0 atom stereocenters. The largest absolute Gasteiger partial charge is 0.486 e. The predicted octanol–water partition coefficient (Wildman–Crippen LogP) is 8.30. The van der Waals surface area contributed by atoms with E-state index < -0.39 is 0 Å². The Bertz CT molecular complexity index is 3750. The highest BCUT2D eigenvalue weighted by atomic mass is 16.5. The van der Waals surface area contributed by atoms with Crippen LogP contribution in [0.5, 0.6) is 11.5 Å². The lowest BCUT2D eigenvalue weighted by atomic mass is 9.97. The van der Waals surface area contributed by atoms with Crippen molar-refractivity contribution >= 4 is 45.3 Å². The fourth-order valence-corrected chi connectivity index (χ4v) is 8.98. The first kappa shape index (κ1) is 48.3. The van der Waals surface area contributed by atoms with Crippen molar-refractivity contribution in [3.8, 4) is 56.3 Å². The topological polar surface area (TPSA) is 198 Å². The van der Waals surface area contributed by atoms with Gasteiger partial charge in [-0.1, -0.05) is 37.4 Å². The zero-order valence-electron chi connectivity index (χ0n) is 42.0. The number of rotatable bonds is 19. The molecule has 8 aromatic heterocycles. The number of benzene rings is 2. The molecule has 74 heavy (non-hydrogen) atoms. The van der Waals surface area contributed by atoms with Gasteiger partial charge in [0.2, 0.25) is 11.8 Å². The number of nitrogens with zero attached hydrogens (tertiary/aromatic N) is 12. The van der Waals surface area contributed by atoms with Crippen molar-refractivity contribution in [2.45, 2.75) is 33.2 Å². The monoisotopic (exact) mass is 989 g/mol. The number of anilines is 2. The summed E-state index contributed by atoms with van der Waals surface area (Å²) in [6, 6.07) is 16.2. The molecule has 0 aliphatic carbocycles. The van der Waals surface area contributed by atoms with Crippen LogP contribution in [0, 0.1) is 6.92 Å². The molecule has 0 aliphatic rings. The molecular weight excluding hydrogens is 935 g/mol. The van der Waals surface area contributed by atoms with E-state index in [0.717, 1.165) is 84.3 Å². The minimum absolute atomic E-state index is 0.233. The standard InChI is InChI=1S/C55H55N15O4/c1-9-48(71)62-46-19-38(12-11-34(46)3)51-45-18-36(33-74-43-26-60-68(8)31-43)22-57-55(45)70(53(51)41-24-58-66(6)27-41)29-39-14-13-37(20-47(39)63-49(72)10-2)50-44-17-35(32-73-42-25-59-67(7)30-42)21-56-54(44)64-52(50)40-23-61-69(28-40)16-15-65(4)5/h9-14,17-28,30-31H,1-2,15-16,29,32-33H2,3-8H3,(H,56,64)(H,62,71)(H,63,72). The number of amides is 2. The number of ether oxygens (including phenoxy) is 2. The Morgan fingerprint density at radius 1 is 0.676 bits per heavy atom. The molecule has 2 amide bonds. The van der Waals surface area contributed by atoms with Gasteiger partial charge in [0, 0.05) is 108 Å². The highest BCUT2D eigenvalue weighted by Crippen LogP contribution is 2.44. The van der Waals surface area contributed by atoms with Gasteiger partial charge in [-0.05, 0) is 79.7 Å². The molecule has 3 N–H and O–H groups in total. The summed E-state index contributed by atoms with van der Waals surface area (Å²) < 4.78 is 21.5. The van der Waals surface area contributed by atoms with Gasteiger partial charge in [0.15, 0.2) is 11.5 Å². The normalized spacial score (nSPS) is 11.4. The number of hydrogen-bond donors (Lipinski definition) is 3. The molecule has 0 saturated heterocycles. The molecule has 19 heteroatoms. The molecular formula is C55H55N15O4. The van der Waals surface area contributed by atoms with Gasteiger partial charge in [-0.2, -0.15) is 20.4 Å². The van der Waals surface area contributed by atoms with Crippen LogP contribution in [0.25, 0.3) is 66.8 Å². The second-order valence-corrected chi connectivity index (χ2v) is 18.4. The first-order valence-corrected chi connectivity index (χ1v) is 23.8. The van der Waals surface area contributed by atoms with Crippen LogP contribution in [0.4, 0.5) is 11.4 Å². The van der Waals surface area contributed by atoms with E-state index in [0.29, 0.717) is 40.7 Å². The molecule has 2 aromatic carbocycles. The van der Waals surface area contributed by atoms with Crippen LogP contribution in [-0.2, 0) is 57.0 Å². The smallest absolute Gasteiger partial charge is 0.247 e. The molecule has 0 aliphatic heterocycles. The lowest BCUT2D eigenvalue weighted by Gasteiger charge is -2.17. The van der Waals surface area contributed by atoms with E-state index in [1.54, 1.807) is 32.6 Å². The molecule has 0 saturated carbocycles. The van der Waals surface area contributed by atoms with Gasteiger partial charge in [0.05, 0.1) is 61.7 Å². The molecule has 10 aromatic rings. The predicted molar refractivity (Wildman–Crippen MR) is 285 cm³/mol. The van der Waals surface area contributed by atoms with Gasteiger partial charge < -0.3 is 34.6 Å². The number of carbonyl (C=O) groups excluding carboxylic acids is 2. The summed E-state index contributed by atoms with van der Waals surface area (Å²) in [5.41, 5.74) is 12.6. The molecule has 8 heterocycles. The maximum Gasteiger partial charge on any atom is 0.247 e. The fourth-order valence-electron chi connectivity index (χ4n) is 8.98. The van der Waals surface area contributed by atoms with E-state index in [1.165, 1.54) is 12.2 Å². The van der Waals surface area contributed by atoms with Crippen molar-refractivity contribution in [3.05, 3.63) is 158 Å². The number of aromatic nitrogens is 12. The van der Waals surface area contributed by atoms with Crippen LogP contribution < -0.4 is 20.1 Å². The van der Waals surface area contributed by atoms with Crippen LogP contribution in [0.15, 0.2) is 136 Å². The van der Waals surface area contributed by atoms with Crippen molar-refractivity contribution in [1.82, 2.24) is 63.5 Å². The summed E-state index contributed by atoms with van der Waals surface area (Å²) in [5.74, 6) is 0.570. The van der Waals surface area contributed by atoms with E-state index in [-0.39, 0.29) is 31.6 Å². The number of likely N-dealkylation sites (N-methyl/N-ethyl adjacent to an activating group) is 1. The van der Waals surface area contributed by atoms with E-state index in [9.17, 15) is 9.59 Å². The van der Waals surface area contributed by atoms with Gasteiger partial charge >= 0.3 is 0 Å². The van der Waals surface area contributed by atoms with Gasteiger partial charge in [-0.25, -0.2) is 9.97 Å². The van der Waals surface area contributed by atoms with E-state index >= 15 is 0 Å². The zero-order chi connectivity index (χ0) is 51.6. The fraction of sp³-hybridized carbons (Fsp3) is 0.200. The minimum Gasteiger partial charge on any atom is -0.486 e. The number of pyridine rings is 2. The van der Waals surface area contributed by atoms with Crippen molar-refractivity contribution in [3.63, 3.8) is 0 Å². The average Bonchev–Trinajstić information content (AvgIpc) is 4.28. The molecule has 0 bridgehead atoms. The second-order valence-electron chi connectivity index (χ2n) is 18.4. The summed E-state index contributed by atoms with van der Waals surface area (Å²) in [6.45, 7) is 11.7. The molecule has 374 valence electrons. The first-order valence-electron chi connectivity index (χ1n) is 23.8. The lowest BCUT2D eigenvalue weighted by molar-refractivity contribution is -0.112. The third kappa shape index (κ3) is 10.1. The summed E-state index contributed by atoms with van der Waals surface area (Å²) in [4.78, 5) is 42.0. The third-order valence-electron chi connectivity index (χ3n) is 12.7. The van der Waals surface area contributed by atoms with Crippen molar-refractivity contribution in [2.24, 2.45) is 21.1 Å². The number of aryl methyl sites for hydroxylation is 4. The van der Waals surface area contributed by atoms with Gasteiger partial charge in [-0.15, -0.1) is 0 Å². The summed E-state index contributed by atoms with van der Waals surface area (Å²) in [7, 11) is 9.62. The Morgan fingerprint density at radius 2 is 1.28 bits per heavy atom. The van der Waals surface area contributed by atoms with Crippen LogP contribution in [-0.4, -0.2) is 96.0 Å². The summed E-state index contributed by atoms with van der Waals surface area (Å²) >= 11 is 0. The van der Waals surface area contributed by atoms with E-state index in [4.69, 9.17) is 24.5 Å². The first-order chi connectivity index (χ1) is 35.8. The van der Waals surface area contributed by atoms with Crippen molar-refractivity contribution in [2.75, 3.05) is 31.3 Å². The summed E-state index contributed by atoms with van der Waals surface area (Å²) in [5, 5.41) is 25.7. The number of aromatic amines is 1. The van der Waals surface area contributed by atoms with Gasteiger partial charge in [-0.3, -0.25) is 28.3 Å². The van der Waals surface area contributed by atoms with Gasteiger partial charge in [0.25, 0.3) is 0 Å². The molecule has 0 unspecified atom stereocenters. The Balaban J connectivity index is 1.14. The number of nitrogens with one attached hydrogen (secondary N) is 3. The highest BCUT2D eigenvalue weighted by molar-refractivity contribution is 6.07. The highest BCUT2D eigenvalue weighted by Gasteiger charge is 2.26. The van der Waals surface area contributed by atoms with E-state index in [1.807, 2.05) is 121 Å². The van der Waals surface area contributed by atoms with Crippen LogP contribution in [0.3, 0.4) is 0 Å². The molecule has 0 fully saturated rings. The lowest BCUT2D eigenvalue weighted by Crippen LogP contribution is -2.18. The Kier molecular flexibility index (Phi) is 13.3. The van der Waals surface area contributed by atoms with Crippen LogP contribution in [0.2, 0.25) is 0 Å². The average molecular weight is 990 g/mol. The number of hydrogen-bond acceptors (Lipinski definition) is 11. The third-order valence-corrected chi connectivity index (χ3v) is 12.7. The Labute approximate surface area is 426 Å². The number of H-pyrrole nitrogens is 1. The summed E-state index contributed by atoms with van der Waals surface area (Å²) in [6.07, 6.45) is 20.8. The SMILES string of the molecule is C=CC(=O)Nc1cc(-c2c(-c3cnn(C)c3)n(Cc3ccc(-c4c(-c5cnn(CCN(C)C)c5)[nH]c5ncc(COc6cnn(C)c6)cc45)cc3NC(=O)C=C)c3ncc(COc4cnn(C)c4)cc23)ccc1C. The van der Waals surface area contributed by atoms with Gasteiger partial charge in [0.1, 0.15) is 24.5 Å². The maximum atomic E-state index is 13.5. The molecule has 0 spiro atoms. The minimum atomic E-state index is -0.378. The second kappa shape index (κ2) is 20.4. The Hall–Kier alpha value is -9.36. The van der Waals surface area contributed by atoms with Crippen LogP contribution >= 0.6 is 0 Å². The number of carbonyl (C=O) groups is 2. The molecule has 10 rings (SSSR count). The zero-order valence-corrected chi connectivity index (χ0v) is 42.0. The Morgan fingerprint density at radius 3 is 1.93 bits per heavy atom. The maximum absolute atomic E-state index is 13.5. The van der Waals surface area contributed by atoms with Crippen LogP contribution in [0.1, 0.15) is 22.3 Å². The van der Waals surface area contributed by atoms with Crippen molar-refractivity contribution < 1.29 is 19.1 Å². The molecule has 0 radical (unpaired) electrons.